The fourth-order valence-corrected chi connectivity index (χ4v) is 3.98. The van der Waals surface area contributed by atoms with E-state index in [1.165, 1.54) is 24.3 Å². The number of nitrogens with zero attached hydrogens (tertiary/aromatic N) is 3. The first-order valence-corrected chi connectivity index (χ1v) is 10.3. The number of nitrogens with one attached hydrogen (secondary N) is 2. The summed E-state index contributed by atoms with van der Waals surface area (Å²) in [7, 11) is 0. The summed E-state index contributed by atoms with van der Waals surface area (Å²) in [4.78, 5) is 23.5. The summed E-state index contributed by atoms with van der Waals surface area (Å²) in [6, 6.07) is 8.70. The SMILES string of the molecule is CC(C)N1CCN(c2cc3[nH]c(Nc4ccccc4C(F)(F)F)nc3cc2C(=O)O)CC1. The number of para-hydroxylation sites is 1. The van der Waals surface area contributed by atoms with Gasteiger partial charge in [-0.15, -0.1) is 0 Å². The number of carbonyl (C=O) groups is 1. The second-order valence-electron chi connectivity index (χ2n) is 8.06. The highest BCUT2D eigenvalue weighted by molar-refractivity contribution is 6.00. The van der Waals surface area contributed by atoms with Gasteiger partial charge in [0.25, 0.3) is 0 Å². The lowest BCUT2D eigenvalue weighted by Gasteiger charge is -2.38. The minimum absolute atomic E-state index is 0.106. The molecule has 2 aromatic carbocycles. The van der Waals surface area contributed by atoms with Crippen molar-refractivity contribution in [2.45, 2.75) is 26.1 Å². The van der Waals surface area contributed by atoms with E-state index in [0.717, 1.165) is 19.2 Å². The predicted molar refractivity (Wildman–Crippen MR) is 117 cm³/mol. The Labute approximate surface area is 182 Å². The quantitative estimate of drug-likeness (QED) is 0.532. The third-order valence-electron chi connectivity index (χ3n) is 5.70. The Bertz CT molecular complexity index is 1130. The highest BCUT2D eigenvalue weighted by atomic mass is 19.4. The Hall–Kier alpha value is -3.27. The number of alkyl halides is 3. The maximum Gasteiger partial charge on any atom is 0.418 e. The van der Waals surface area contributed by atoms with Crippen molar-refractivity contribution in [2.24, 2.45) is 0 Å². The molecule has 1 aliphatic heterocycles. The number of H-pyrrole nitrogens is 1. The molecule has 10 heteroatoms. The van der Waals surface area contributed by atoms with Crippen LogP contribution in [0.1, 0.15) is 29.8 Å². The Balaban J connectivity index is 1.66. The van der Waals surface area contributed by atoms with Crippen LogP contribution in [0.25, 0.3) is 11.0 Å². The molecule has 0 spiro atoms. The van der Waals surface area contributed by atoms with E-state index in [1.807, 2.05) is 4.90 Å². The fourth-order valence-electron chi connectivity index (χ4n) is 3.98. The van der Waals surface area contributed by atoms with Gasteiger partial charge in [0.2, 0.25) is 5.95 Å². The molecule has 1 saturated heterocycles. The van der Waals surface area contributed by atoms with E-state index in [-0.39, 0.29) is 17.2 Å². The lowest BCUT2D eigenvalue weighted by Crippen LogP contribution is -2.49. The van der Waals surface area contributed by atoms with Crippen molar-refractivity contribution in [1.29, 1.82) is 0 Å². The number of benzene rings is 2. The molecule has 1 aliphatic rings. The van der Waals surface area contributed by atoms with Crippen LogP contribution in [0.3, 0.4) is 0 Å². The number of hydrogen-bond acceptors (Lipinski definition) is 5. The van der Waals surface area contributed by atoms with Crippen LogP contribution in [0.5, 0.6) is 0 Å². The van der Waals surface area contributed by atoms with Crippen molar-refractivity contribution < 1.29 is 23.1 Å². The monoisotopic (exact) mass is 447 g/mol. The molecular weight excluding hydrogens is 423 g/mol. The van der Waals surface area contributed by atoms with E-state index in [1.54, 1.807) is 6.07 Å². The standard InChI is InChI=1S/C22H24F3N5O2/c1-13(2)29-7-9-30(10-8-29)19-12-18-17(11-14(19)20(31)32)27-21(28-18)26-16-6-4-3-5-15(16)22(23,24)25/h3-6,11-13H,7-10H2,1-2H3,(H,31,32)(H2,26,27,28). The maximum absolute atomic E-state index is 13.3. The number of aromatic amines is 1. The summed E-state index contributed by atoms with van der Waals surface area (Å²) in [5, 5.41) is 12.4. The second-order valence-corrected chi connectivity index (χ2v) is 8.06. The summed E-state index contributed by atoms with van der Waals surface area (Å²) in [6.07, 6.45) is -4.52. The zero-order chi connectivity index (χ0) is 23.0. The smallest absolute Gasteiger partial charge is 0.418 e. The Morgan fingerprint density at radius 2 is 1.84 bits per heavy atom. The van der Waals surface area contributed by atoms with Crippen molar-refractivity contribution in [3.8, 4) is 0 Å². The lowest BCUT2D eigenvalue weighted by molar-refractivity contribution is -0.136. The normalized spacial score (nSPS) is 15.5. The van der Waals surface area contributed by atoms with Gasteiger partial charge in [-0.1, -0.05) is 12.1 Å². The molecule has 3 N–H and O–H groups in total. The van der Waals surface area contributed by atoms with Gasteiger partial charge in [0.15, 0.2) is 0 Å². The lowest BCUT2D eigenvalue weighted by atomic mass is 10.1. The number of imidazole rings is 1. The zero-order valence-electron chi connectivity index (χ0n) is 17.7. The molecule has 3 aromatic rings. The second kappa shape index (κ2) is 8.34. The molecule has 7 nitrogen and oxygen atoms in total. The first-order valence-electron chi connectivity index (χ1n) is 10.3. The number of fused-ring (bicyclic) bond motifs is 1. The topological polar surface area (TPSA) is 84.5 Å². The molecule has 4 rings (SSSR count). The van der Waals surface area contributed by atoms with Crippen molar-refractivity contribution in [1.82, 2.24) is 14.9 Å². The molecule has 0 aliphatic carbocycles. The van der Waals surface area contributed by atoms with Gasteiger partial charge in [-0.3, -0.25) is 4.90 Å². The van der Waals surface area contributed by atoms with Crippen LogP contribution in [0.2, 0.25) is 0 Å². The predicted octanol–water partition coefficient (Wildman–Crippen LogP) is 4.55. The van der Waals surface area contributed by atoms with Crippen LogP contribution in [0.15, 0.2) is 36.4 Å². The number of aromatic nitrogens is 2. The van der Waals surface area contributed by atoms with Gasteiger partial charge < -0.3 is 20.3 Å². The molecule has 32 heavy (non-hydrogen) atoms. The summed E-state index contributed by atoms with van der Waals surface area (Å²) in [5.41, 5.74) is 0.642. The first kappa shape index (κ1) is 21.9. The highest BCUT2D eigenvalue weighted by Gasteiger charge is 2.33. The number of carboxylic acid groups (broad SMARTS) is 1. The fraction of sp³-hybridized carbons (Fsp3) is 0.364. The van der Waals surface area contributed by atoms with Gasteiger partial charge in [-0.05, 0) is 38.1 Å². The third-order valence-corrected chi connectivity index (χ3v) is 5.70. The first-order chi connectivity index (χ1) is 15.1. The Morgan fingerprint density at radius 1 is 1.16 bits per heavy atom. The molecule has 1 aromatic heterocycles. The van der Waals surface area contributed by atoms with E-state index in [9.17, 15) is 23.1 Å². The van der Waals surface area contributed by atoms with Gasteiger partial charge >= 0.3 is 12.1 Å². The molecular formula is C22H24F3N5O2. The number of halogens is 3. The molecule has 0 amide bonds. The third kappa shape index (κ3) is 4.36. The largest absolute Gasteiger partial charge is 0.478 e. The van der Waals surface area contributed by atoms with Crippen molar-refractivity contribution in [3.63, 3.8) is 0 Å². The highest BCUT2D eigenvalue weighted by Crippen LogP contribution is 2.36. The average Bonchev–Trinajstić information content (AvgIpc) is 3.13. The van der Waals surface area contributed by atoms with Crippen molar-refractivity contribution in [2.75, 3.05) is 36.4 Å². The van der Waals surface area contributed by atoms with E-state index in [0.29, 0.717) is 35.9 Å². The number of anilines is 3. The molecule has 2 heterocycles. The molecule has 1 fully saturated rings. The number of carboxylic acids is 1. The van der Waals surface area contributed by atoms with Crippen LogP contribution in [-0.2, 0) is 6.18 Å². The number of aromatic carboxylic acids is 1. The van der Waals surface area contributed by atoms with Gasteiger partial charge in [-0.2, -0.15) is 13.2 Å². The van der Waals surface area contributed by atoms with Gasteiger partial charge in [0, 0.05) is 32.2 Å². The van der Waals surface area contributed by atoms with E-state index < -0.39 is 17.7 Å². The molecule has 0 atom stereocenters. The summed E-state index contributed by atoms with van der Waals surface area (Å²) in [6.45, 7) is 7.25. The number of hydrogen-bond donors (Lipinski definition) is 3. The average molecular weight is 447 g/mol. The molecule has 0 saturated carbocycles. The van der Waals surface area contributed by atoms with Crippen molar-refractivity contribution in [3.05, 3.63) is 47.5 Å². The molecule has 0 radical (unpaired) electrons. The van der Waals surface area contributed by atoms with Crippen LogP contribution < -0.4 is 10.2 Å². The number of rotatable bonds is 5. The van der Waals surface area contributed by atoms with Gasteiger partial charge in [0.05, 0.1) is 33.5 Å². The minimum atomic E-state index is -4.52. The molecule has 170 valence electrons. The zero-order valence-corrected chi connectivity index (χ0v) is 17.7. The van der Waals surface area contributed by atoms with Crippen molar-refractivity contribution >= 4 is 34.3 Å². The van der Waals surface area contributed by atoms with Gasteiger partial charge in [0.1, 0.15) is 0 Å². The Kier molecular flexibility index (Phi) is 5.72. The van der Waals surface area contributed by atoms with Gasteiger partial charge in [-0.25, -0.2) is 9.78 Å². The molecule has 0 unspecified atom stereocenters. The van der Waals surface area contributed by atoms with E-state index in [2.05, 4.69) is 34.0 Å². The van der Waals surface area contributed by atoms with Crippen LogP contribution >= 0.6 is 0 Å². The summed E-state index contributed by atoms with van der Waals surface area (Å²) in [5.74, 6) is -0.970. The molecule has 0 bridgehead atoms. The van der Waals surface area contributed by atoms with E-state index >= 15 is 0 Å². The maximum atomic E-state index is 13.3. The summed E-state index contributed by atoms with van der Waals surface area (Å²) < 4.78 is 39.9. The Morgan fingerprint density at radius 3 is 2.47 bits per heavy atom. The number of piperazine rings is 1. The van der Waals surface area contributed by atoms with Crippen LogP contribution in [0, 0.1) is 0 Å². The minimum Gasteiger partial charge on any atom is -0.478 e. The van der Waals surface area contributed by atoms with Crippen LogP contribution in [0.4, 0.5) is 30.5 Å². The van der Waals surface area contributed by atoms with Crippen LogP contribution in [-0.4, -0.2) is 58.2 Å². The van der Waals surface area contributed by atoms with E-state index in [4.69, 9.17) is 0 Å². The summed E-state index contributed by atoms with van der Waals surface area (Å²) >= 11 is 0.